The van der Waals surface area contributed by atoms with Gasteiger partial charge in [0.05, 0.1) is 12.7 Å². The smallest absolute Gasteiger partial charge is 0.161 e. The molecule has 0 fully saturated rings. The molecule has 1 aromatic rings. The summed E-state index contributed by atoms with van der Waals surface area (Å²) in [6, 6.07) is 3.29. The zero-order valence-electron chi connectivity index (χ0n) is 9.04. The first-order valence-corrected chi connectivity index (χ1v) is 5.40. The van der Waals surface area contributed by atoms with E-state index >= 15 is 0 Å². The van der Waals surface area contributed by atoms with E-state index in [1.165, 1.54) is 7.11 Å². The Morgan fingerprint density at radius 1 is 1.40 bits per heavy atom. The van der Waals surface area contributed by atoms with Gasteiger partial charge in [0.15, 0.2) is 11.5 Å². The van der Waals surface area contributed by atoms with Crippen LogP contribution in [0.15, 0.2) is 16.6 Å². The van der Waals surface area contributed by atoms with Gasteiger partial charge in [-0.2, -0.15) is 0 Å². The van der Waals surface area contributed by atoms with E-state index in [1.807, 2.05) is 0 Å². The number of ether oxygens (including phenoxy) is 1. The number of benzene rings is 1. The summed E-state index contributed by atoms with van der Waals surface area (Å²) in [6.45, 7) is 3.45. The van der Waals surface area contributed by atoms with Crippen molar-refractivity contribution in [3.8, 4) is 11.5 Å². The number of rotatable bonds is 3. The van der Waals surface area contributed by atoms with Crippen molar-refractivity contribution in [3.63, 3.8) is 0 Å². The Balaban J connectivity index is 3.05. The van der Waals surface area contributed by atoms with Crippen molar-refractivity contribution in [3.05, 3.63) is 22.2 Å². The van der Waals surface area contributed by atoms with E-state index in [4.69, 9.17) is 4.74 Å². The lowest BCUT2D eigenvalue weighted by Gasteiger charge is -2.18. The number of phenols is 1. The predicted molar refractivity (Wildman–Crippen MR) is 62.4 cm³/mol. The maximum absolute atomic E-state index is 9.68. The van der Waals surface area contributed by atoms with E-state index in [0.717, 1.165) is 10.0 Å². The maximum Gasteiger partial charge on any atom is 0.161 e. The quantitative estimate of drug-likeness (QED) is 0.891. The molecule has 0 unspecified atom stereocenters. The van der Waals surface area contributed by atoms with Gasteiger partial charge in [-0.3, -0.25) is 0 Å². The minimum absolute atomic E-state index is 0.0833. The van der Waals surface area contributed by atoms with Gasteiger partial charge < -0.3 is 14.9 Å². The van der Waals surface area contributed by atoms with Gasteiger partial charge in [0.25, 0.3) is 0 Å². The fourth-order valence-corrected chi connectivity index (χ4v) is 1.81. The van der Waals surface area contributed by atoms with E-state index in [2.05, 4.69) is 15.9 Å². The first-order valence-electron chi connectivity index (χ1n) is 4.61. The fraction of sp³-hybridized carbons (Fsp3) is 0.455. The summed E-state index contributed by atoms with van der Waals surface area (Å²) in [6.07, 6.45) is 0.463. The lowest BCUT2D eigenvalue weighted by atomic mass is 9.98. The third-order valence-corrected chi connectivity index (χ3v) is 2.71. The van der Waals surface area contributed by atoms with Gasteiger partial charge in [0.2, 0.25) is 0 Å². The standard InChI is InChI=1S/C11H15BrO3/c1-11(2,14)6-7-4-9(13)10(15-3)5-8(7)12/h4-5,13-14H,6H2,1-3H3. The number of hydrogen-bond donors (Lipinski definition) is 2. The van der Waals surface area contributed by atoms with Crippen LogP contribution in [0.4, 0.5) is 0 Å². The molecule has 0 spiro atoms. The second-order valence-corrected chi connectivity index (χ2v) is 4.96. The lowest BCUT2D eigenvalue weighted by Crippen LogP contribution is -2.22. The highest BCUT2D eigenvalue weighted by atomic mass is 79.9. The van der Waals surface area contributed by atoms with E-state index in [0.29, 0.717) is 12.2 Å². The van der Waals surface area contributed by atoms with Crippen LogP contribution in [0.2, 0.25) is 0 Å². The van der Waals surface area contributed by atoms with E-state index < -0.39 is 5.60 Å². The van der Waals surface area contributed by atoms with Crippen LogP contribution >= 0.6 is 15.9 Å². The Kier molecular flexibility index (Phi) is 3.62. The van der Waals surface area contributed by atoms with Crippen LogP contribution in [0.5, 0.6) is 11.5 Å². The van der Waals surface area contributed by atoms with Gasteiger partial charge >= 0.3 is 0 Å². The number of phenolic OH excluding ortho intramolecular Hbond substituents is 1. The van der Waals surface area contributed by atoms with Crippen molar-refractivity contribution in [2.45, 2.75) is 25.9 Å². The molecule has 0 aromatic heterocycles. The van der Waals surface area contributed by atoms with E-state index in [9.17, 15) is 10.2 Å². The molecule has 2 N–H and O–H groups in total. The highest BCUT2D eigenvalue weighted by Crippen LogP contribution is 2.33. The van der Waals surface area contributed by atoms with Gasteiger partial charge in [-0.05, 0) is 31.5 Å². The van der Waals surface area contributed by atoms with Crippen molar-refractivity contribution in [1.82, 2.24) is 0 Å². The topological polar surface area (TPSA) is 49.7 Å². The van der Waals surface area contributed by atoms with Crippen LogP contribution in [0.25, 0.3) is 0 Å². The van der Waals surface area contributed by atoms with E-state index in [-0.39, 0.29) is 5.75 Å². The summed E-state index contributed by atoms with van der Waals surface area (Å²) in [5.74, 6) is 0.501. The Morgan fingerprint density at radius 2 is 2.00 bits per heavy atom. The first kappa shape index (κ1) is 12.3. The molecule has 0 amide bonds. The van der Waals surface area contributed by atoms with Crippen LogP contribution in [-0.4, -0.2) is 22.9 Å². The zero-order chi connectivity index (χ0) is 11.6. The maximum atomic E-state index is 9.68. The molecule has 0 bridgehead atoms. The first-order chi connectivity index (χ1) is 6.83. The summed E-state index contributed by atoms with van der Waals surface area (Å²) >= 11 is 3.37. The molecule has 0 aliphatic heterocycles. The molecule has 4 heteroatoms. The van der Waals surface area contributed by atoms with Gasteiger partial charge in [0, 0.05) is 10.9 Å². The number of methoxy groups -OCH3 is 1. The molecule has 0 aliphatic rings. The normalized spacial score (nSPS) is 11.5. The summed E-state index contributed by atoms with van der Waals surface area (Å²) in [5, 5.41) is 19.3. The van der Waals surface area contributed by atoms with Gasteiger partial charge in [-0.15, -0.1) is 0 Å². The molecule has 0 aliphatic carbocycles. The van der Waals surface area contributed by atoms with Crippen molar-refractivity contribution in [2.75, 3.05) is 7.11 Å². The molecule has 3 nitrogen and oxygen atoms in total. The molecule has 0 radical (unpaired) electrons. The molecule has 15 heavy (non-hydrogen) atoms. The van der Waals surface area contributed by atoms with Crippen LogP contribution in [0.3, 0.4) is 0 Å². The minimum Gasteiger partial charge on any atom is -0.504 e. The second-order valence-electron chi connectivity index (χ2n) is 4.10. The average Bonchev–Trinajstić information content (AvgIpc) is 2.08. The summed E-state index contributed by atoms with van der Waals surface area (Å²) in [7, 11) is 1.50. The molecule has 1 rings (SSSR count). The van der Waals surface area contributed by atoms with E-state index in [1.54, 1.807) is 26.0 Å². The molecule has 84 valence electrons. The molecule has 0 heterocycles. The molecule has 0 saturated heterocycles. The van der Waals surface area contributed by atoms with Crippen LogP contribution in [0, 0.1) is 0 Å². The van der Waals surface area contributed by atoms with Gasteiger partial charge in [-0.1, -0.05) is 15.9 Å². The summed E-state index contributed by atoms with van der Waals surface area (Å²) in [4.78, 5) is 0. The highest BCUT2D eigenvalue weighted by molar-refractivity contribution is 9.10. The molecular formula is C11H15BrO3. The number of aromatic hydroxyl groups is 1. The van der Waals surface area contributed by atoms with Crippen molar-refractivity contribution >= 4 is 15.9 Å². The Morgan fingerprint density at radius 3 is 2.47 bits per heavy atom. The highest BCUT2D eigenvalue weighted by Gasteiger charge is 2.17. The van der Waals surface area contributed by atoms with Gasteiger partial charge in [0.1, 0.15) is 0 Å². The lowest BCUT2D eigenvalue weighted by molar-refractivity contribution is 0.0807. The zero-order valence-corrected chi connectivity index (χ0v) is 10.6. The molecule has 1 aromatic carbocycles. The Hall–Kier alpha value is -0.740. The SMILES string of the molecule is COc1cc(Br)c(CC(C)(C)O)cc1O. The largest absolute Gasteiger partial charge is 0.504 e. The molecular weight excluding hydrogens is 260 g/mol. The van der Waals surface area contributed by atoms with Crippen molar-refractivity contribution < 1.29 is 14.9 Å². The fourth-order valence-electron chi connectivity index (χ4n) is 1.35. The Labute approximate surface area is 97.8 Å². The third-order valence-electron chi connectivity index (χ3n) is 1.97. The number of aliphatic hydroxyl groups is 1. The second kappa shape index (κ2) is 4.41. The van der Waals surface area contributed by atoms with Crippen LogP contribution < -0.4 is 4.74 Å². The molecule has 0 saturated carbocycles. The average molecular weight is 275 g/mol. The minimum atomic E-state index is -0.802. The van der Waals surface area contributed by atoms with Crippen LogP contribution in [0.1, 0.15) is 19.4 Å². The third kappa shape index (κ3) is 3.39. The Bertz CT molecular complexity index is 356. The number of halogens is 1. The van der Waals surface area contributed by atoms with Gasteiger partial charge in [-0.25, -0.2) is 0 Å². The number of hydrogen-bond acceptors (Lipinski definition) is 3. The molecule has 0 atom stereocenters. The summed E-state index contributed by atoms with van der Waals surface area (Å²) < 4.78 is 5.79. The van der Waals surface area contributed by atoms with Crippen LogP contribution in [-0.2, 0) is 6.42 Å². The van der Waals surface area contributed by atoms with Crippen molar-refractivity contribution in [1.29, 1.82) is 0 Å². The summed E-state index contributed by atoms with van der Waals surface area (Å²) in [5.41, 5.74) is 0.0459. The monoisotopic (exact) mass is 274 g/mol. The predicted octanol–water partition coefficient (Wildman–Crippen LogP) is 2.48. The van der Waals surface area contributed by atoms with Crippen molar-refractivity contribution in [2.24, 2.45) is 0 Å².